The number of hydrogen-bond donors (Lipinski definition) is 0. The molecule has 0 amide bonds. The van der Waals surface area contributed by atoms with E-state index in [4.69, 9.17) is 14.5 Å². The fourth-order valence-corrected chi connectivity index (χ4v) is 1.27. The molecule has 5 heteroatoms. The molecule has 0 aliphatic rings. The Labute approximate surface area is 89.0 Å². The Hall–Kier alpha value is -1.41. The summed E-state index contributed by atoms with van der Waals surface area (Å²) in [5, 5.41) is 12.3. The lowest BCUT2D eigenvalue weighted by atomic mass is 10.1. The molecule has 0 aliphatic carbocycles. The van der Waals surface area contributed by atoms with Gasteiger partial charge in [-0.2, -0.15) is 10.2 Å². The van der Waals surface area contributed by atoms with Crippen LogP contribution >= 0.6 is 0 Å². The quantitative estimate of drug-likeness (QED) is 0.740. The monoisotopic (exact) mass is 209 g/mol. The van der Waals surface area contributed by atoms with Gasteiger partial charge in [-0.05, 0) is 12.8 Å². The first-order chi connectivity index (χ1) is 7.19. The van der Waals surface area contributed by atoms with E-state index in [1.807, 2.05) is 26.8 Å². The van der Waals surface area contributed by atoms with E-state index in [-0.39, 0.29) is 18.4 Å². The van der Waals surface area contributed by atoms with Gasteiger partial charge < -0.3 is 9.26 Å². The molecular formula is C10H15N3O2. The van der Waals surface area contributed by atoms with Gasteiger partial charge in [0, 0.05) is 6.61 Å². The topological polar surface area (TPSA) is 71.9 Å². The smallest absolute Gasteiger partial charge is 0.240 e. The van der Waals surface area contributed by atoms with Crippen molar-refractivity contribution in [2.24, 2.45) is 5.92 Å². The van der Waals surface area contributed by atoms with Crippen molar-refractivity contribution >= 4 is 0 Å². The molecule has 0 saturated heterocycles. The van der Waals surface area contributed by atoms with Crippen LogP contribution < -0.4 is 0 Å². The van der Waals surface area contributed by atoms with Gasteiger partial charge in [0.1, 0.15) is 12.5 Å². The van der Waals surface area contributed by atoms with E-state index in [1.54, 1.807) is 0 Å². The Morgan fingerprint density at radius 1 is 1.53 bits per heavy atom. The highest BCUT2D eigenvalue weighted by Crippen LogP contribution is 2.23. The van der Waals surface area contributed by atoms with Crippen LogP contribution in [0.2, 0.25) is 0 Å². The number of ether oxygens (including phenoxy) is 1. The number of rotatable bonds is 5. The molecule has 82 valence electrons. The van der Waals surface area contributed by atoms with Crippen molar-refractivity contribution in [3.63, 3.8) is 0 Å². The zero-order valence-corrected chi connectivity index (χ0v) is 9.23. The Bertz CT molecular complexity index is 341. The van der Waals surface area contributed by atoms with Gasteiger partial charge in [0.2, 0.25) is 11.7 Å². The molecule has 0 radical (unpaired) electrons. The molecule has 5 nitrogen and oxygen atoms in total. The summed E-state index contributed by atoms with van der Waals surface area (Å²) >= 11 is 0. The minimum Gasteiger partial charge on any atom is -0.370 e. The van der Waals surface area contributed by atoms with E-state index in [2.05, 4.69) is 10.1 Å². The predicted octanol–water partition coefficient (Wildman–Crippen LogP) is 1.87. The summed E-state index contributed by atoms with van der Waals surface area (Å²) in [4.78, 5) is 4.11. The van der Waals surface area contributed by atoms with Crippen molar-refractivity contribution in [2.75, 3.05) is 6.61 Å². The summed E-state index contributed by atoms with van der Waals surface area (Å²) in [5.41, 5.74) is 0. The van der Waals surface area contributed by atoms with Crippen LogP contribution in [0, 0.1) is 17.2 Å². The van der Waals surface area contributed by atoms with Gasteiger partial charge in [-0.3, -0.25) is 0 Å². The third-order valence-corrected chi connectivity index (χ3v) is 1.92. The van der Waals surface area contributed by atoms with Gasteiger partial charge in [0.05, 0.1) is 6.07 Å². The van der Waals surface area contributed by atoms with Gasteiger partial charge >= 0.3 is 0 Å². The highest BCUT2D eigenvalue weighted by Gasteiger charge is 2.21. The Morgan fingerprint density at radius 2 is 2.27 bits per heavy atom. The van der Waals surface area contributed by atoms with Crippen molar-refractivity contribution in [2.45, 2.75) is 33.3 Å². The van der Waals surface area contributed by atoms with Crippen molar-refractivity contribution in [1.82, 2.24) is 10.1 Å². The summed E-state index contributed by atoms with van der Waals surface area (Å²) in [5.74, 6) is 1.15. The summed E-state index contributed by atoms with van der Waals surface area (Å²) in [6.45, 7) is 6.58. The highest BCUT2D eigenvalue weighted by molar-refractivity contribution is 4.96. The van der Waals surface area contributed by atoms with Crippen LogP contribution in [0.15, 0.2) is 4.52 Å². The number of nitriles is 1. The molecule has 1 atom stereocenters. The second-order valence-electron chi connectivity index (χ2n) is 3.50. The molecule has 0 aromatic carbocycles. The molecule has 1 unspecified atom stereocenters. The lowest BCUT2D eigenvalue weighted by Gasteiger charge is -2.16. The average Bonchev–Trinajstić information content (AvgIpc) is 2.62. The molecule has 0 saturated carbocycles. The van der Waals surface area contributed by atoms with Crippen molar-refractivity contribution < 1.29 is 9.26 Å². The van der Waals surface area contributed by atoms with Crippen LogP contribution in [0.1, 0.15) is 38.6 Å². The molecule has 0 aliphatic heterocycles. The van der Waals surface area contributed by atoms with Gasteiger partial charge in [-0.25, -0.2) is 0 Å². The van der Waals surface area contributed by atoms with E-state index in [0.29, 0.717) is 18.3 Å². The standard InChI is InChI=1S/C10H15N3O2/c1-4-14-9(7(2)3)10-12-8(5-6-11)15-13-10/h7,9H,4-5H2,1-3H3. The Morgan fingerprint density at radius 3 is 2.80 bits per heavy atom. The van der Waals surface area contributed by atoms with E-state index in [0.717, 1.165) is 0 Å². The maximum Gasteiger partial charge on any atom is 0.240 e. The molecule has 1 aromatic rings. The normalized spacial score (nSPS) is 12.7. The minimum absolute atomic E-state index is 0.143. The number of nitrogens with zero attached hydrogens (tertiary/aromatic N) is 3. The minimum atomic E-state index is -0.161. The third kappa shape index (κ3) is 3.03. The fraction of sp³-hybridized carbons (Fsp3) is 0.700. The second-order valence-corrected chi connectivity index (χ2v) is 3.50. The molecule has 15 heavy (non-hydrogen) atoms. The fourth-order valence-electron chi connectivity index (χ4n) is 1.27. The molecular weight excluding hydrogens is 194 g/mol. The molecule has 1 rings (SSSR count). The van der Waals surface area contributed by atoms with Crippen LogP contribution in [-0.4, -0.2) is 16.7 Å². The number of aromatic nitrogens is 2. The molecule has 0 fully saturated rings. The van der Waals surface area contributed by atoms with Crippen molar-refractivity contribution in [3.05, 3.63) is 11.7 Å². The van der Waals surface area contributed by atoms with E-state index in [1.165, 1.54) is 0 Å². The lowest BCUT2D eigenvalue weighted by molar-refractivity contribution is 0.0217. The van der Waals surface area contributed by atoms with E-state index < -0.39 is 0 Å². The third-order valence-electron chi connectivity index (χ3n) is 1.92. The van der Waals surface area contributed by atoms with Gasteiger partial charge in [-0.15, -0.1) is 0 Å². The largest absolute Gasteiger partial charge is 0.370 e. The maximum absolute atomic E-state index is 8.47. The Kier molecular flexibility index (Phi) is 4.25. The first kappa shape index (κ1) is 11.7. The molecule has 1 aromatic heterocycles. The first-order valence-corrected chi connectivity index (χ1v) is 5.00. The second kappa shape index (κ2) is 5.47. The molecule has 0 spiro atoms. The summed E-state index contributed by atoms with van der Waals surface area (Å²) in [6, 6.07) is 1.96. The summed E-state index contributed by atoms with van der Waals surface area (Å²) < 4.78 is 10.4. The van der Waals surface area contributed by atoms with E-state index in [9.17, 15) is 0 Å². The van der Waals surface area contributed by atoms with Crippen molar-refractivity contribution in [1.29, 1.82) is 5.26 Å². The first-order valence-electron chi connectivity index (χ1n) is 5.00. The summed E-state index contributed by atoms with van der Waals surface area (Å²) in [6.07, 6.45) is -0.0181. The van der Waals surface area contributed by atoms with E-state index >= 15 is 0 Å². The maximum atomic E-state index is 8.47. The zero-order valence-electron chi connectivity index (χ0n) is 9.23. The van der Waals surface area contributed by atoms with Crippen LogP contribution in [-0.2, 0) is 11.2 Å². The van der Waals surface area contributed by atoms with Gasteiger partial charge in [0.25, 0.3) is 0 Å². The van der Waals surface area contributed by atoms with Crippen LogP contribution in [0.5, 0.6) is 0 Å². The molecule has 0 bridgehead atoms. The summed E-state index contributed by atoms with van der Waals surface area (Å²) in [7, 11) is 0. The number of hydrogen-bond acceptors (Lipinski definition) is 5. The Balaban J connectivity index is 2.78. The van der Waals surface area contributed by atoms with Gasteiger partial charge in [0.15, 0.2) is 0 Å². The predicted molar refractivity (Wildman–Crippen MR) is 52.8 cm³/mol. The van der Waals surface area contributed by atoms with Crippen LogP contribution in [0.4, 0.5) is 0 Å². The zero-order chi connectivity index (χ0) is 11.3. The van der Waals surface area contributed by atoms with Crippen LogP contribution in [0.25, 0.3) is 0 Å². The molecule has 0 N–H and O–H groups in total. The van der Waals surface area contributed by atoms with Crippen LogP contribution in [0.3, 0.4) is 0 Å². The highest BCUT2D eigenvalue weighted by atomic mass is 16.5. The SMILES string of the molecule is CCOC(c1noc(CC#N)n1)C(C)C. The molecule has 1 heterocycles. The lowest BCUT2D eigenvalue weighted by Crippen LogP contribution is -2.12. The average molecular weight is 209 g/mol. The van der Waals surface area contributed by atoms with Crippen molar-refractivity contribution in [3.8, 4) is 6.07 Å². The van der Waals surface area contributed by atoms with Gasteiger partial charge in [-0.1, -0.05) is 19.0 Å².